The molecule has 0 radical (unpaired) electrons. The number of methoxy groups -OCH3 is 1. The average Bonchev–Trinajstić information content (AvgIpc) is 2.94. The van der Waals surface area contributed by atoms with E-state index in [1.165, 1.54) is 0 Å². The van der Waals surface area contributed by atoms with Crippen molar-refractivity contribution in [1.82, 2.24) is 4.90 Å². The summed E-state index contributed by atoms with van der Waals surface area (Å²) < 4.78 is 11.0. The summed E-state index contributed by atoms with van der Waals surface area (Å²) in [7, 11) is 1.71. The number of carbonyl (C=O) groups is 1. The van der Waals surface area contributed by atoms with Gasteiger partial charge in [0.1, 0.15) is 5.60 Å². The van der Waals surface area contributed by atoms with Crippen LogP contribution in [0.1, 0.15) is 31.7 Å². The smallest absolute Gasteiger partial charge is 0.409 e. The molecule has 0 aromatic heterocycles. The normalized spacial score (nSPS) is 22.0. The third-order valence-electron chi connectivity index (χ3n) is 3.90. The summed E-state index contributed by atoms with van der Waals surface area (Å²) in [6.07, 6.45) is 2.51. The van der Waals surface area contributed by atoms with Crippen LogP contribution in [0.4, 0.5) is 4.79 Å². The van der Waals surface area contributed by atoms with E-state index in [4.69, 9.17) is 9.47 Å². The molecule has 1 heterocycles. The molecule has 0 bridgehead atoms. The van der Waals surface area contributed by atoms with Gasteiger partial charge in [-0.3, -0.25) is 0 Å². The number of ether oxygens (including phenoxy) is 2. The number of likely N-dealkylation sites (tertiary alicyclic amines) is 1. The van der Waals surface area contributed by atoms with Crippen molar-refractivity contribution in [3.63, 3.8) is 0 Å². The molecule has 1 unspecified atom stereocenters. The molecule has 1 saturated heterocycles. The van der Waals surface area contributed by atoms with Gasteiger partial charge in [-0.1, -0.05) is 43.7 Å². The molecule has 110 valence electrons. The van der Waals surface area contributed by atoms with Crippen molar-refractivity contribution in [2.45, 2.75) is 31.8 Å². The van der Waals surface area contributed by atoms with Gasteiger partial charge in [0.05, 0.1) is 13.2 Å². The predicted octanol–water partition coefficient (Wildman–Crippen LogP) is 3.17. The zero-order valence-electron chi connectivity index (χ0n) is 12.3. The molecule has 1 aliphatic rings. The molecule has 0 N–H and O–H groups in total. The molecule has 4 heteroatoms. The molecule has 1 atom stereocenters. The lowest BCUT2D eigenvalue weighted by molar-refractivity contribution is -0.00626. The fourth-order valence-corrected chi connectivity index (χ4v) is 2.59. The molecule has 1 aromatic carbocycles. The topological polar surface area (TPSA) is 38.8 Å². The predicted molar refractivity (Wildman–Crippen MR) is 77.6 cm³/mol. The van der Waals surface area contributed by atoms with Gasteiger partial charge in [0.15, 0.2) is 0 Å². The Morgan fingerprint density at radius 3 is 2.75 bits per heavy atom. The van der Waals surface area contributed by atoms with Crippen LogP contribution in [-0.2, 0) is 15.1 Å². The van der Waals surface area contributed by atoms with Crippen molar-refractivity contribution >= 4 is 6.09 Å². The molecule has 0 spiro atoms. The molecule has 4 nitrogen and oxygen atoms in total. The minimum Gasteiger partial charge on any atom is -0.449 e. The van der Waals surface area contributed by atoms with Crippen molar-refractivity contribution < 1.29 is 14.3 Å². The molecule has 1 fully saturated rings. The van der Waals surface area contributed by atoms with Gasteiger partial charge in [0, 0.05) is 20.1 Å². The fourth-order valence-electron chi connectivity index (χ4n) is 2.59. The zero-order valence-corrected chi connectivity index (χ0v) is 12.3. The summed E-state index contributed by atoms with van der Waals surface area (Å²) in [6, 6.07) is 10.1. The van der Waals surface area contributed by atoms with Crippen LogP contribution in [0.2, 0.25) is 0 Å². The van der Waals surface area contributed by atoms with Crippen LogP contribution in [-0.4, -0.2) is 37.8 Å². The molecule has 20 heavy (non-hydrogen) atoms. The monoisotopic (exact) mass is 277 g/mol. The summed E-state index contributed by atoms with van der Waals surface area (Å²) in [5.74, 6) is 0. The lowest BCUT2D eigenvalue weighted by atomic mass is 9.93. The highest BCUT2D eigenvalue weighted by Gasteiger charge is 2.42. The standard InChI is InChI=1S/C16H23NO3/c1-3-4-12-20-15(18)17-11-10-16(13-17,19-2)14-8-6-5-7-9-14/h5-9H,3-4,10-13H2,1-2H3. The number of rotatable bonds is 5. The lowest BCUT2D eigenvalue weighted by Crippen LogP contribution is -2.36. The Bertz CT molecular complexity index is 435. The van der Waals surface area contributed by atoms with Crippen LogP contribution in [0.3, 0.4) is 0 Å². The van der Waals surface area contributed by atoms with Gasteiger partial charge in [-0.25, -0.2) is 4.79 Å². The van der Waals surface area contributed by atoms with E-state index in [9.17, 15) is 4.79 Å². The van der Waals surface area contributed by atoms with Crippen molar-refractivity contribution in [3.8, 4) is 0 Å². The number of carbonyl (C=O) groups excluding carboxylic acids is 1. The highest BCUT2D eigenvalue weighted by atomic mass is 16.6. The van der Waals surface area contributed by atoms with E-state index in [1.807, 2.05) is 18.2 Å². The first kappa shape index (κ1) is 14.9. The highest BCUT2D eigenvalue weighted by molar-refractivity contribution is 5.68. The second-order valence-electron chi connectivity index (χ2n) is 5.20. The Labute approximate surface area is 120 Å². The summed E-state index contributed by atoms with van der Waals surface area (Å²) in [4.78, 5) is 13.7. The van der Waals surface area contributed by atoms with Gasteiger partial charge in [0.25, 0.3) is 0 Å². The Balaban J connectivity index is 2.00. The largest absolute Gasteiger partial charge is 0.449 e. The first-order chi connectivity index (χ1) is 9.72. The molecule has 1 aliphatic heterocycles. The first-order valence-electron chi connectivity index (χ1n) is 7.24. The molecule has 0 saturated carbocycles. The Kier molecular flexibility index (Phi) is 5.01. The van der Waals surface area contributed by atoms with E-state index in [0.717, 1.165) is 24.8 Å². The number of benzene rings is 1. The second kappa shape index (κ2) is 6.75. The molecular weight excluding hydrogens is 254 g/mol. The van der Waals surface area contributed by atoms with E-state index in [-0.39, 0.29) is 6.09 Å². The first-order valence-corrected chi connectivity index (χ1v) is 7.24. The van der Waals surface area contributed by atoms with Crippen molar-refractivity contribution in [2.24, 2.45) is 0 Å². The van der Waals surface area contributed by atoms with Crippen molar-refractivity contribution in [2.75, 3.05) is 26.8 Å². The van der Waals surface area contributed by atoms with Crippen molar-refractivity contribution in [3.05, 3.63) is 35.9 Å². The zero-order chi connectivity index (χ0) is 14.4. The Morgan fingerprint density at radius 2 is 2.10 bits per heavy atom. The molecular formula is C16H23NO3. The molecule has 0 aliphatic carbocycles. The van der Waals surface area contributed by atoms with Gasteiger partial charge in [-0.15, -0.1) is 0 Å². The van der Waals surface area contributed by atoms with Crippen LogP contribution in [0.5, 0.6) is 0 Å². The quantitative estimate of drug-likeness (QED) is 0.776. The maximum atomic E-state index is 12.0. The third kappa shape index (κ3) is 3.12. The van der Waals surface area contributed by atoms with E-state index in [1.54, 1.807) is 12.0 Å². The van der Waals surface area contributed by atoms with Crippen LogP contribution in [0.15, 0.2) is 30.3 Å². The van der Waals surface area contributed by atoms with E-state index >= 15 is 0 Å². The van der Waals surface area contributed by atoms with Gasteiger partial charge >= 0.3 is 6.09 Å². The SMILES string of the molecule is CCCCOC(=O)N1CCC(OC)(c2ccccc2)C1. The van der Waals surface area contributed by atoms with Crippen LogP contribution >= 0.6 is 0 Å². The third-order valence-corrected chi connectivity index (χ3v) is 3.90. The minimum atomic E-state index is -0.398. The van der Waals surface area contributed by atoms with Gasteiger partial charge < -0.3 is 14.4 Å². The molecule has 1 aromatic rings. The van der Waals surface area contributed by atoms with E-state index < -0.39 is 5.60 Å². The lowest BCUT2D eigenvalue weighted by Gasteiger charge is -2.28. The Morgan fingerprint density at radius 1 is 1.35 bits per heavy atom. The number of hydrogen-bond acceptors (Lipinski definition) is 3. The summed E-state index contributed by atoms with van der Waals surface area (Å²) in [5.41, 5.74) is 0.719. The van der Waals surface area contributed by atoms with Crippen LogP contribution < -0.4 is 0 Å². The van der Waals surface area contributed by atoms with E-state index in [2.05, 4.69) is 19.1 Å². The maximum Gasteiger partial charge on any atom is 0.409 e. The summed E-state index contributed by atoms with van der Waals surface area (Å²) in [6.45, 7) is 3.80. The number of unbranched alkanes of at least 4 members (excludes halogenated alkanes) is 1. The maximum absolute atomic E-state index is 12.0. The van der Waals surface area contributed by atoms with E-state index in [0.29, 0.717) is 19.7 Å². The van der Waals surface area contributed by atoms with Gasteiger partial charge in [-0.2, -0.15) is 0 Å². The fraction of sp³-hybridized carbons (Fsp3) is 0.562. The summed E-state index contributed by atoms with van der Waals surface area (Å²) >= 11 is 0. The number of nitrogens with zero attached hydrogens (tertiary/aromatic N) is 1. The van der Waals surface area contributed by atoms with Gasteiger partial charge in [0.2, 0.25) is 0 Å². The highest BCUT2D eigenvalue weighted by Crippen LogP contribution is 2.35. The molecule has 2 rings (SSSR count). The number of hydrogen-bond donors (Lipinski definition) is 0. The minimum absolute atomic E-state index is 0.228. The second-order valence-corrected chi connectivity index (χ2v) is 5.20. The van der Waals surface area contributed by atoms with Gasteiger partial charge in [-0.05, 0) is 12.0 Å². The van der Waals surface area contributed by atoms with Crippen LogP contribution in [0.25, 0.3) is 0 Å². The summed E-state index contributed by atoms with van der Waals surface area (Å²) in [5, 5.41) is 0. The molecule has 1 amide bonds. The van der Waals surface area contributed by atoms with Crippen molar-refractivity contribution in [1.29, 1.82) is 0 Å². The number of amides is 1. The Hall–Kier alpha value is -1.55. The van der Waals surface area contributed by atoms with Crippen LogP contribution in [0, 0.1) is 0 Å². The average molecular weight is 277 g/mol.